The largest absolute Gasteiger partial charge is 0.381 e. The van der Waals surface area contributed by atoms with Crippen LogP contribution < -0.4 is 5.32 Å². The minimum atomic E-state index is 0.0971. The lowest BCUT2D eigenvalue weighted by Gasteiger charge is -2.14. The summed E-state index contributed by atoms with van der Waals surface area (Å²) in [5.41, 5.74) is 0. The van der Waals surface area contributed by atoms with Crippen LogP contribution in [0.1, 0.15) is 31.5 Å². The molecule has 6 heteroatoms. The first kappa shape index (κ1) is 13.5. The van der Waals surface area contributed by atoms with Crippen LogP contribution in [0.25, 0.3) is 0 Å². The third-order valence-electron chi connectivity index (χ3n) is 3.22. The highest BCUT2D eigenvalue weighted by molar-refractivity contribution is 5.02. The fraction of sp³-hybridized carbons (Fsp3) is 0.833. The lowest BCUT2D eigenvalue weighted by Crippen LogP contribution is -2.34. The van der Waals surface area contributed by atoms with Gasteiger partial charge in [-0.05, 0) is 13.5 Å². The maximum absolute atomic E-state index is 5.47. The summed E-state index contributed by atoms with van der Waals surface area (Å²) in [6, 6.07) is 0.267. The van der Waals surface area contributed by atoms with E-state index in [0.29, 0.717) is 31.3 Å². The number of hydrogen-bond donors (Lipinski definition) is 1. The molecule has 1 N–H and O–H groups in total. The standard InChI is InChI=1S/C12H21N3O3/c1-4-13-10-7-17-6-9(10)12-14-11(15-18-12)5-8(2)16-3/h8-10,13H,4-7H2,1-3H3. The summed E-state index contributed by atoms with van der Waals surface area (Å²) in [6.07, 6.45) is 0.763. The second kappa shape index (κ2) is 6.26. The van der Waals surface area contributed by atoms with Gasteiger partial charge in [-0.2, -0.15) is 4.98 Å². The zero-order chi connectivity index (χ0) is 13.0. The molecule has 0 amide bonds. The summed E-state index contributed by atoms with van der Waals surface area (Å²) in [7, 11) is 1.68. The smallest absolute Gasteiger partial charge is 0.233 e. The first-order chi connectivity index (χ1) is 8.74. The normalized spacial score (nSPS) is 25.5. The Morgan fingerprint density at radius 3 is 3.06 bits per heavy atom. The molecule has 2 rings (SSSR count). The minimum Gasteiger partial charge on any atom is -0.381 e. The number of rotatable bonds is 6. The molecule has 3 atom stereocenters. The Labute approximate surface area is 107 Å². The number of hydrogen-bond acceptors (Lipinski definition) is 6. The molecule has 0 saturated carbocycles. The molecule has 0 spiro atoms. The maximum atomic E-state index is 5.47. The Bertz CT molecular complexity index is 369. The monoisotopic (exact) mass is 255 g/mol. The zero-order valence-electron chi connectivity index (χ0n) is 11.2. The molecule has 1 fully saturated rings. The van der Waals surface area contributed by atoms with Crippen molar-refractivity contribution in [2.24, 2.45) is 0 Å². The van der Waals surface area contributed by atoms with Gasteiger partial charge in [-0.25, -0.2) is 0 Å². The third kappa shape index (κ3) is 3.07. The number of likely N-dealkylation sites (N-methyl/N-ethyl adjacent to an activating group) is 1. The summed E-state index contributed by atoms with van der Waals surface area (Å²) in [5.74, 6) is 1.52. The fourth-order valence-electron chi connectivity index (χ4n) is 2.10. The van der Waals surface area contributed by atoms with Gasteiger partial charge in [0, 0.05) is 19.6 Å². The Kier molecular flexibility index (Phi) is 4.68. The van der Waals surface area contributed by atoms with Crippen LogP contribution >= 0.6 is 0 Å². The first-order valence-corrected chi connectivity index (χ1v) is 6.41. The Balaban J connectivity index is 2.00. The van der Waals surface area contributed by atoms with Gasteiger partial charge in [0.2, 0.25) is 5.89 Å². The molecule has 0 aromatic carbocycles. The summed E-state index contributed by atoms with van der Waals surface area (Å²) in [5, 5.41) is 7.37. The Hall–Kier alpha value is -0.980. The van der Waals surface area contributed by atoms with Crippen molar-refractivity contribution in [1.29, 1.82) is 0 Å². The molecule has 2 heterocycles. The van der Waals surface area contributed by atoms with Gasteiger partial charge in [0.1, 0.15) is 0 Å². The van der Waals surface area contributed by atoms with E-state index in [0.717, 1.165) is 6.54 Å². The second-order valence-electron chi connectivity index (χ2n) is 4.61. The van der Waals surface area contributed by atoms with Gasteiger partial charge in [0.15, 0.2) is 5.82 Å². The van der Waals surface area contributed by atoms with Crippen molar-refractivity contribution in [2.45, 2.75) is 38.3 Å². The topological polar surface area (TPSA) is 69.4 Å². The molecule has 3 unspecified atom stereocenters. The van der Waals surface area contributed by atoms with Crippen LogP contribution in [0, 0.1) is 0 Å². The number of aromatic nitrogens is 2. The highest BCUT2D eigenvalue weighted by atomic mass is 16.5. The van der Waals surface area contributed by atoms with Crippen LogP contribution in [-0.4, -0.2) is 49.2 Å². The van der Waals surface area contributed by atoms with Crippen LogP contribution in [0.3, 0.4) is 0 Å². The predicted octanol–water partition coefficient (Wildman–Crippen LogP) is 0.739. The lowest BCUT2D eigenvalue weighted by atomic mass is 10.0. The van der Waals surface area contributed by atoms with E-state index < -0.39 is 0 Å². The molecule has 18 heavy (non-hydrogen) atoms. The molecule has 6 nitrogen and oxygen atoms in total. The summed E-state index contributed by atoms with van der Waals surface area (Å²) >= 11 is 0. The highest BCUT2D eigenvalue weighted by Gasteiger charge is 2.33. The molecular formula is C12H21N3O3. The van der Waals surface area contributed by atoms with Gasteiger partial charge in [0.25, 0.3) is 0 Å². The van der Waals surface area contributed by atoms with E-state index in [1.54, 1.807) is 7.11 Å². The van der Waals surface area contributed by atoms with E-state index in [4.69, 9.17) is 14.0 Å². The Morgan fingerprint density at radius 2 is 2.33 bits per heavy atom. The quantitative estimate of drug-likeness (QED) is 0.808. The SMILES string of the molecule is CCNC1COCC1c1nc(CC(C)OC)no1. The predicted molar refractivity (Wildman–Crippen MR) is 65.5 cm³/mol. The van der Waals surface area contributed by atoms with Crippen molar-refractivity contribution >= 4 is 0 Å². The van der Waals surface area contributed by atoms with Gasteiger partial charge in [-0.15, -0.1) is 0 Å². The number of nitrogens with zero attached hydrogens (tertiary/aromatic N) is 2. The molecule has 1 aliphatic rings. The van der Waals surface area contributed by atoms with Gasteiger partial charge in [0.05, 0.1) is 25.2 Å². The molecule has 0 aliphatic carbocycles. The molecular weight excluding hydrogens is 234 g/mol. The minimum absolute atomic E-state index is 0.0971. The zero-order valence-corrected chi connectivity index (χ0v) is 11.2. The molecule has 102 valence electrons. The van der Waals surface area contributed by atoms with Crippen molar-refractivity contribution in [3.63, 3.8) is 0 Å². The van der Waals surface area contributed by atoms with Crippen LogP contribution in [0.2, 0.25) is 0 Å². The molecule has 1 aliphatic heterocycles. The number of ether oxygens (including phenoxy) is 2. The van der Waals surface area contributed by atoms with E-state index in [2.05, 4.69) is 22.4 Å². The highest BCUT2D eigenvalue weighted by Crippen LogP contribution is 2.24. The van der Waals surface area contributed by atoms with Crippen LogP contribution in [-0.2, 0) is 15.9 Å². The summed E-state index contributed by atoms with van der Waals surface area (Å²) < 4.78 is 16.0. The first-order valence-electron chi connectivity index (χ1n) is 6.41. The van der Waals surface area contributed by atoms with E-state index in [1.807, 2.05) is 6.92 Å². The molecule has 0 bridgehead atoms. The van der Waals surface area contributed by atoms with Crippen molar-refractivity contribution in [3.05, 3.63) is 11.7 Å². The maximum Gasteiger partial charge on any atom is 0.233 e. The molecule has 1 aromatic rings. The van der Waals surface area contributed by atoms with Crippen LogP contribution in [0.15, 0.2) is 4.52 Å². The van der Waals surface area contributed by atoms with E-state index in [9.17, 15) is 0 Å². The van der Waals surface area contributed by atoms with Gasteiger partial charge < -0.3 is 19.3 Å². The summed E-state index contributed by atoms with van der Waals surface area (Å²) in [6.45, 7) is 6.31. The third-order valence-corrected chi connectivity index (χ3v) is 3.22. The molecule has 1 aromatic heterocycles. The van der Waals surface area contributed by atoms with Crippen LogP contribution in [0.4, 0.5) is 0 Å². The van der Waals surface area contributed by atoms with Gasteiger partial charge >= 0.3 is 0 Å². The lowest BCUT2D eigenvalue weighted by molar-refractivity contribution is 0.116. The molecule has 0 radical (unpaired) electrons. The number of methoxy groups -OCH3 is 1. The summed E-state index contributed by atoms with van der Waals surface area (Å²) in [4.78, 5) is 4.43. The van der Waals surface area contributed by atoms with Crippen molar-refractivity contribution < 1.29 is 14.0 Å². The van der Waals surface area contributed by atoms with Crippen LogP contribution in [0.5, 0.6) is 0 Å². The molecule has 1 saturated heterocycles. The fourth-order valence-corrected chi connectivity index (χ4v) is 2.10. The van der Waals surface area contributed by atoms with E-state index in [-0.39, 0.29) is 18.1 Å². The van der Waals surface area contributed by atoms with Crippen molar-refractivity contribution in [3.8, 4) is 0 Å². The average molecular weight is 255 g/mol. The van der Waals surface area contributed by atoms with E-state index >= 15 is 0 Å². The van der Waals surface area contributed by atoms with Crippen molar-refractivity contribution in [1.82, 2.24) is 15.5 Å². The van der Waals surface area contributed by atoms with Gasteiger partial charge in [-0.3, -0.25) is 0 Å². The van der Waals surface area contributed by atoms with Crippen molar-refractivity contribution in [2.75, 3.05) is 26.9 Å². The Morgan fingerprint density at radius 1 is 1.50 bits per heavy atom. The van der Waals surface area contributed by atoms with Gasteiger partial charge in [-0.1, -0.05) is 12.1 Å². The average Bonchev–Trinajstić information content (AvgIpc) is 2.98. The second-order valence-corrected chi connectivity index (χ2v) is 4.61. The number of nitrogens with one attached hydrogen (secondary N) is 1. The van der Waals surface area contributed by atoms with E-state index in [1.165, 1.54) is 0 Å².